The van der Waals surface area contributed by atoms with Crippen molar-refractivity contribution in [2.75, 3.05) is 5.32 Å². The summed E-state index contributed by atoms with van der Waals surface area (Å²) in [5.41, 5.74) is 5.27. The molecule has 0 radical (unpaired) electrons. The molecule has 0 aromatic carbocycles. The fourth-order valence-corrected chi connectivity index (χ4v) is 2.23. The molecule has 0 saturated heterocycles. The normalized spacial score (nSPS) is 22.6. The number of rotatable bonds is 3. The van der Waals surface area contributed by atoms with Crippen LogP contribution in [-0.4, -0.2) is 21.6 Å². The molecule has 3 rings (SSSR count). The lowest BCUT2D eigenvalue weighted by Crippen LogP contribution is -2.48. The zero-order chi connectivity index (χ0) is 11.9. The number of carbonyl (C=O) groups excluding carboxylic acids is 1. The summed E-state index contributed by atoms with van der Waals surface area (Å²) >= 11 is 0. The Kier molecular flexibility index (Phi) is 2.39. The first-order valence-corrected chi connectivity index (χ1v) is 6.11. The molecule has 0 unspecified atom stereocenters. The van der Waals surface area contributed by atoms with Crippen molar-refractivity contribution in [2.24, 2.45) is 5.73 Å². The number of anilines is 1. The lowest BCUT2D eigenvalue weighted by molar-refractivity contribution is -0.121. The molecule has 6 heteroatoms. The second kappa shape index (κ2) is 3.80. The van der Waals surface area contributed by atoms with E-state index < -0.39 is 5.54 Å². The van der Waals surface area contributed by atoms with Crippen molar-refractivity contribution in [3.8, 4) is 0 Å². The van der Waals surface area contributed by atoms with Crippen LogP contribution in [0.3, 0.4) is 0 Å². The predicted molar refractivity (Wildman–Crippen MR) is 60.3 cm³/mol. The van der Waals surface area contributed by atoms with Crippen molar-refractivity contribution in [1.29, 1.82) is 0 Å². The number of nitrogens with one attached hydrogen (secondary N) is 1. The average Bonchev–Trinajstić information content (AvgIpc) is 2.89. The van der Waals surface area contributed by atoms with Crippen LogP contribution in [0.4, 0.5) is 6.01 Å². The van der Waals surface area contributed by atoms with Crippen molar-refractivity contribution in [3.63, 3.8) is 0 Å². The molecule has 2 fully saturated rings. The summed E-state index contributed by atoms with van der Waals surface area (Å²) in [7, 11) is 0. The first-order valence-electron chi connectivity index (χ1n) is 6.11. The lowest BCUT2D eigenvalue weighted by Gasteiger charge is -2.20. The Labute approximate surface area is 99.0 Å². The number of aromatic nitrogens is 2. The van der Waals surface area contributed by atoms with Crippen LogP contribution in [0.15, 0.2) is 4.42 Å². The van der Waals surface area contributed by atoms with Gasteiger partial charge in [-0.2, -0.15) is 0 Å². The number of hydrogen-bond donors (Lipinski definition) is 2. The fraction of sp³-hybridized carbons (Fsp3) is 0.727. The smallest absolute Gasteiger partial charge is 0.322 e. The minimum atomic E-state index is -0.756. The topological polar surface area (TPSA) is 94.0 Å². The summed E-state index contributed by atoms with van der Waals surface area (Å²) in [6, 6.07) is 0.175. The second-order valence-electron chi connectivity index (χ2n) is 5.04. The van der Waals surface area contributed by atoms with Crippen LogP contribution in [0.1, 0.15) is 50.3 Å². The first kappa shape index (κ1) is 10.7. The van der Waals surface area contributed by atoms with Crippen LogP contribution in [0.2, 0.25) is 0 Å². The molecule has 92 valence electrons. The van der Waals surface area contributed by atoms with Gasteiger partial charge < -0.3 is 10.2 Å². The Bertz CT molecular complexity index is 432. The third-order valence-electron chi connectivity index (χ3n) is 3.54. The SMILES string of the molecule is NC1(C(=O)Nc2nnc(C3CC3)o2)CCCC1. The largest absolute Gasteiger partial charge is 0.408 e. The molecule has 3 N–H and O–H groups in total. The van der Waals surface area contributed by atoms with Crippen LogP contribution >= 0.6 is 0 Å². The maximum absolute atomic E-state index is 12.0. The van der Waals surface area contributed by atoms with E-state index >= 15 is 0 Å². The van der Waals surface area contributed by atoms with E-state index in [0.29, 0.717) is 11.8 Å². The van der Waals surface area contributed by atoms with Gasteiger partial charge in [0.2, 0.25) is 11.8 Å². The van der Waals surface area contributed by atoms with Crippen LogP contribution in [0, 0.1) is 0 Å². The second-order valence-corrected chi connectivity index (χ2v) is 5.04. The standard InChI is InChI=1S/C11H16N4O2/c12-11(5-1-2-6-11)9(16)13-10-15-14-8(17-10)7-3-4-7/h7H,1-6,12H2,(H,13,15,16). The van der Waals surface area contributed by atoms with E-state index in [1.54, 1.807) is 0 Å². The van der Waals surface area contributed by atoms with Gasteiger partial charge in [0.05, 0.1) is 5.54 Å². The Hall–Kier alpha value is -1.43. The highest BCUT2D eigenvalue weighted by atomic mass is 16.4. The summed E-state index contributed by atoms with van der Waals surface area (Å²) in [5.74, 6) is 0.810. The molecule has 1 heterocycles. The Morgan fingerprint density at radius 1 is 1.35 bits per heavy atom. The van der Waals surface area contributed by atoms with E-state index in [2.05, 4.69) is 15.5 Å². The summed E-state index contributed by atoms with van der Waals surface area (Å²) in [4.78, 5) is 12.0. The molecule has 0 aliphatic heterocycles. The molecule has 1 aromatic heterocycles. The number of nitrogens with two attached hydrogens (primary N) is 1. The van der Waals surface area contributed by atoms with Crippen LogP contribution in [-0.2, 0) is 4.79 Å². The molecule has 0 atom stereocenters. The van der Waals surface area contributed by atoms with Crippen molar-refractivity contribution in [1.82, 2.24) is 10.2 Å². The third-order valence-corrected chi connectivity index (χ3v) is 3.54. The maximum Gasteiger partial charge on any atom is 0.322 e. The predicted octanol–water partition coefficient (Wildman–Crippen LogP) is 1.16. The van der Waals surface area contributed by atoms with Gasteiger partial charge in [-0.05, 0) is 25.7 Å². The molecule has 6 nitrogen and oxygen atoms in total. The summed E-state index contributed by atoms with van der Waals surface area (Å²) in [6.45, 7) is 0. The molecule has 2 aliphatic rings. The van der Waals surface area contributed by atoms with Gasteiger partial charge >= 0.3 is 6.01 Å². The number of hydrogen-bond acceptors (Lipinski definition) is 5. The highest BCUT2D eigenvalue weighted by Gasteiger charge is 2.38. The van der Waals surface area contributed by atoms with E-state index in [0.717, 1.165) is 38.5 Å². The molecule has 17 heavy (non-hydrogen) atoms. The van der Waals surface area contributed by atoms with E-state index in [1.807, 2.05) is 0 Å². The number of nitrogens with zero attached hydrogens (tertiary/aromatic N) is 2. The summed E-state index contributed by atoms with van der Waals surface area (Å²) in [5, 5.41) is 10.3. The number of carbonyl (C=O) groups is 1. The highest BCUT2D eigenvalue weighted by Crippen LogP contribution is 2.39. The van der Waals surface area contributed by atoms with E-state index in [4.69, 9.17) is 10.2 Å². The van der Waals surface area contributed by atoms with Gasteiger partial charge in [-0.15, -0.1) is 5.10 Å². The van der Waals surface area contributed by atoms with E-state index in [1.165, 1.54) is 0 Å². The summed E-state index contributed by atoms with van der Waals surface area (Å²) in [6.07, 6.45) is 5.64. The molecule has 2 saturated carbocycles. The zero-order valence-corrected chi connectivity index (χ0v) is 9.61. The van der Waals surface area contributed by atoms with Crippen molar-refractivity contribution < 1.29 is 9.21 Å². The third kappa shape index (κ3) is 2.04. The summed E-state index contributed by atoms with van der Waals surface area (Å²) < 4.78 is 5.37. The van der Waals surface area contributed by atoms with E-state index in [9.17, 15) is 4.79 Å². The van der Waals surface area contributed by atoms with Crippen LogP contribution < -0.4 is 11.1 Å². The van der Waals surface area contributed by atoms with Crippen molar-refractivity contribution in [3.05, 3.63) is 5.89 Å². The lowest BCUT2D eigenvalue weighted by atomic mass is 9.98. The zero-order valence-electron chi connectivity index (χ0n) is 9.61. The Balaban J connectivity index is 1.66. The minimum absolute atomic E-state index is 0.175. The maximum atomic E-state index is 12.0. The Morgan fingerprint density at radius 3 is 2.71 bits per heavy atom. The van der Waals surface area contributed by atoms with Crippen LogP contribution in [0.25, 0.3) is 0 Å². The van der Waals surface area contributed by atoms with Gasteiger partial charge in [0.1, 0.15) is 0 Å². The molecular formula is C11H16N4O2. The fourth-order valence-electron chi connectivity index (χ4n) is 2.23. The Morgan fingerprint density at radius 2 is 2.06 bits per heavy atom. The van der Waals surface area contributed by atoms with Gasteiger partial charge in [-0.25, -0.2) is 0 Å². The van der Waals surface area contributed by atoms with Crippen molar-refractivity contribution >= 4 is 11.9 Å². The molecule has 1 amide bonds. The van der Waals surface area contributed by atoms with Crippen LogP contribution in [0.5, 0.6) is 0 Å². The monoisotopic (exact) mass is 236 g/mol. The quantitative estimate of drug-likeness (QED) is 0.821. The van der Waals surface area contributed by atoms with Gasteiger partial charge in [0.15, 0.2) is 0 Å². The molecular weight excluding hydrogens is 220 g/mol. The first-order chi connectivity index (χ1) is 8.17. The van der Waals surface area contributed by atoms with Gasteiger partial charge in [-0.3, -0.25) is 10.1 Å². The average molecular weight is 236 g/mol. The van der Waals surface area contributed by atoms with Gasteiger partial charge in [0, 0.05) is 5.92 Å². The highest BCUT2D eigenvalue weighted by molar-refractivity contribution is 5.96. The molecule has 0 spiro atoms. The van der Waals surface area contributed by atoms with Crippen molar-refractivity contribution in [2.45, 2.75) is 50.0 Å². The molecule has 0 bridgehead atoms. The van der Waals surface area contributed by atoms with E-state index in [-0.39, 0.29) is 11.9 Å². The number of amides is 1. The molecule has 1 aromatic rings. The van der Waals surface area contributed by atoms with Gasteiger partial charge in [0.25, 0.3) is 0 Å². The molecule has 2 aliphatic carbocycles. The minimum Gasteiger partial charge on any atom is -0.408 e. The van der Waals surface area contributed by atoms with Gasteiger partial charge in [-0.1, -0.05) is 17.9 Å².